The van der Waals surface area contributed by atoms with Crippen molar-refractivity contribution in [3.8, 4) is 6.19 Å². The summed E-state index contributed by atoms with van der Waals surface area (Å²) in [5, 5.41) is 10.9. The number of aryl methyl sites for hydroxylation is 1. The first kappa shape index (κ1) is 8.95. The largest absolute Gasteiger partial charge is 0.261 e. The molecule has 0 saturated carbocycles. The molecular weight excluding hydrogens is 176 g/mol. The molecule has 0 bridgehead atoms. The third kappa shape index (κ3) is 1.67. The second-order valence-electron chi connectivity index (χ2n) is 3.75. The van der Waals surface area contributed by atoms with Gasteiger partial charge in [-0.1, -0.05) is 6.92 Å². The second-order valence-corrected chi connectivity index (χ2v) is 3.75. The summed E-state index contributed by atoms with van der Waals surface area (Å²) in [6.07, 6.45) is 6.92. The average molecular weight is 188 g/mol. The minimum atomic E-state index is 0.417. The zero-order valence-corrected chi connectivity index (χ0v) is 8.12. The summed E-state index contributed by atoms with van der Waals surface area (Å²) in [5.74, 6) is 1.10. The van der Waals surface area contributed by atoms with Gasteiger partial charge in [-0.2, -0.15) is 5.26 Å². The highest BCUT2D eigenvalue weighted by Crippen LogP contribution is 2.23. The van der Waals surface area contributed by atoms with Gasteiger partial charge in [0.05, 0.1) is 0 Å². The molecular formula is C10H12N4. The number of anilines is 1. The number of rotatable bonds is 1. The molecule has 0 aromatic carbocycles. The van der Waals surface area contributed by atoms with E-state index in [1.807, 2.05) is 12.4 Å². The van der Waals surface area contributed by atoms with E-state index < -0.39 is 0 Å². The Kier molecular flexibility index (Phi) is 2.32. The van der Waals surface area contributed by atoms with Gasteiger partial charge in [0.25, 0.3) is 0 Å². The van der Waals surface area contributed by atoms with E-state index in [1.165, 1.54) is 12.0 Å². The molecule has 1 aromatic heterocycles. The molecule has 4 heteroatoms. The van der Waals surface area contributed by atoms with E-state index in [1.54, 1.807) is 0 Å². The van der Waals surface area contributed by atoms with Crippen molar-refractivity contribution in [2.24, 2.45) is 5.92 Å². The van der Waals surface area contributed by atoms with Crippen LogP contribution >= 0.6 is 0 Å². The smallest absolute Gasteiger partial charge is 0.236 e. The van der Waals surface area contributed by atoms with Crippen LogP contribution in [-0.2, 0) is 12.8 Å². The fourth-order valence-corrected chi connectivity index (χ4v) is 1.77. The monoisotopic (exact) mass is 188 g/mol. The summed E-state index contributed by atoms with van der Waals surface area (Å²) < 4.78 is 0. The minimum Gasteiger partial charge on any atom is -0.261 e. The summed E-state index contributed by atoms with van der Waals surface area (Å²) in [7, 11) is 0. The van der Waals surface area contributed by atoms with Crippen molar-refractivity contribution in [2.75, 3.05) is 5.32 Å². The predicted molar refractivity (Wildman–Crippen MR) is 52.5 cm³/mol. The van der Waals surface area contributed by atoms with Crippen LogP contribution in [0, 0.1) is 17.4 Å². The Bertz CT molecular complexity index is 380. The first-order chi connectivity index (χ1) is 6.79. The normalized spacial score (nSPS) is 19.6. The Labute approximate surface area is 83.0 Å². The van der Waals surface area contributed by atoms with Gasteiger partial charge in [-0.3, -0.25) is 5.32 Å². The Morgan fingerprint density at radius 3 is 3.29 bits per heavy atom. The molecule has 1 aromatic rings. The Hall–Kier alpha value is -1.63. The number of nitrogens with zero attached hydrogens (tertiary/aromatic N) is 3. The van der Waals surface area contributed by atoms with Crippen LogP contribution in [0.1, 0.15) is 24.6 Å². The van der Waals surface area contributed by atoms with E-state index in [9.17, 15) is 0 Å². The number of nitriles is 1. The van der Waals surface area contributed by atoms with Crippen LogP contribution in [0.5, 0.6) is 0 Å². The van der Waals surface area contributed by atoms with Gasteiger partial charge in [-0.15, -0.1) is 0 Å². The summed E-state index contributed by atoms with van der Waals surface area (Å²) in [5.41, 5.74) is 2.32. The molecule has 72 valence electrons. The van der Waals surface area contributed by atoms with Crippen LogP contribution in [0.3, 0.4) is 0 Å². The van der Waals surface area contributed by atoms with Crippen LogP contribution in [0.15, 0.2) is 6.20 Å². The number of hydrogen-bond donors (Lipinski definition) is 1. The van der Waals surface area contributed by atoms with Crippen molar-refractivity contribution in [1.29, 1.82) is 5.26 Å². The van der Waals surface area contributed by atoms with Crippen LogP contribution in [-0.4, -0.2) is 9.97 Å². The van der Waals surface area contributed by atoms with Crippen molar-refractivity contribution >= 4 is 5.95 Å². The van der Waals surface area contributed by atoms with E-state index in [0.29, 0.717) is 11.9 Å². The Balaban J connectivity index is 2.29. The molecule has 0 aliphatic heterocycles. The van der Waals surface area contributed by atoms with Crippen molar-refractivity contribution in [3.63, 3.8) is 0 Å². The van der Waals surface area contributed by atoms with Crippen LogP contribution < -0.4 is 5.32 Å². The van der Waals surface area contributed by atoms with Gasteiger partial charge in [0.15, 0.2) is 6.19 Å². The van der Waals surface area contributed by atoms with Gasteiger partial charge in [0, 0.05) is 11.9 Å². The lowest BCUT2D eigenvalue weighted by atomic mass is 9.89. The third-order valence-electron chi connectivity index (χ3n) is 2.57. The van der Waals surface area contributed by atoms with Crippen molar-refractivity contribution in [2.45, 2.75) is 26.2 Å². The van der Waals surface area contributed by atoms with Crippen molar-refractivity contribution in [1.82, 2.24) is 9.97 Å². The molecule has 1 heterocycles. The zero-order valence-electron chi connectivity index (χ0n) is 8.12. The number of fused-ring (bicyclic) bond motifs is 1. The minimum absolute atomic E-state index is 0.417. The first-order valence-corrected chi connectivity index (χ1v) is 4.79. The zero-order chi connectivity index (χ0) is 9.97. The molecule has 1 atom stereocenters. The fraction of sp³-hybridized carbons (Fsp3) is 0.500. The van der Waals surface area contributed by atoms with Gasteiger partial charge < -0.3 is 0 Å². The highest BCUT2D eigenvalue weighted by Gasteiger charge is 2.16. The lowest BCUT2D eigenvalue weighted by Gasteiger charge is -2.19. The van der Waals surface area contributed by atoms with Crippen LogP contribution in [0.25, 0.3) is 0 Å². The number of aromatic nitrogens is 2. The van der Waals surface area contributed by atoms with Gasteiger partial charge in [0.1, 0.15) is 0 Å². The summed E-state index contributed by atoms with van der Waals surface area (Å²) in [4.78, 5) is 8.37. The van der Waals surface area contributed by atoms with E-state index >= 15 is 0 Å². The van der Waals surface area contributed by atoms with E-state index in [-0.39, 0.29) is 0 Å². The van der Waals surface area contributed by atoms with E-state index in [0.717, 1.165) is 18.5 Å². The fourth-order valence-electron chi connectivity index (χ4n) is 1.77. The molecule has 2 rings (SSSR count). The molecule has 0 spiro atoms. The van der Waals surface area contributed by atoms with Gasteiger partial charge >= 0.3 is 0 Å². The molecule has 0 saturated heterocycles. The standard InChI is InChI=1S/C10H12N4/c1-7-2-3-8-5-12-10(13-6-11)14-9(8)4-7/h5,7H,2-4H2,1H3,(H,12,13,14). The molecule has 4 nitrogen and oxygen atoms in total. The van der Waals surface area contributed by atoms with E-state index in [4.69, 9.17) is 5.26 Å². The highest BCUT2D eigenvalue weighted by atomic mass is 15.1. The SMILES string of the molecule is CC1CCc2cnc(NC#N)nc2C1. The summed E-state index contributed by atoms with van der Waals surface area (Å²) in [6, 6.07) is 0. The van der Waals surface area contributed by atoms with Gasteiger partial charge in [-0.05, 0) is 30.7 Å². The van der Waals surface area contributed by atoms with Gasteiger partial charge in [-0.25, -0.2) is 9.97 Å². The second kappa shape index (κ2) is 3.62. The average Bonchev–Trinajstić information content (AvgIpc) is 2.17. The molecule has 0 radical (unpaired) electrons. The molecule has 1 unspecified atom stereocenters. The molecule has 1 aliphatic rings. The molecule has 1 N–H and O–H groups in total. The van der Waals surface area contributed by atoms with Crippen LogP contribution in [0.2, 0.25) is 0 Å². The predicted octanol–water partition coefficient (Wildman–Crippen LogP) is 1.49. The molecule has 14 heavy (non-hydrogen) atoms. The Morgan fingerprint density at radius 1 is 1.64 bits per heavy atom. The summed E-state index contributed by atoms with van der Waals surface area (Å²) >= 11 is 0. The topological polar surface area (TPSA) is 61.6 Å². The van der Waals surface area contributed by atoms with Crippen molar-refractivity contribution < 1.29 is 0 Å². The maximum Gasteiger partial charge on any atom is 0.236 e. The molecule has 0 amide bonds. The van der Waals surface area contributed by atoms with Crippen LogP contribution in [0.4, 0.5) is 5.95 Å². The lowest BCUT2D eigenvalue weighted by molar-refractivity contribution is 0.491. The summed E-state index contributed by atoms with van der Waals surface area (Å²) in [6.45, 7) is 2.22. The molecule has 1 aliphatic carbocycles. The number of nitrogens with one attached hydrogen (secondary N) is 1. The van der Waals surface area contributed by atoms with E-state index in [2.05, 4.69) is 22.2 Å². The lowest BCUT2D eigenvalue weighted by Crippen LogP contribution is -2.14. The Morgan fingerprint density at radius 2 is 2.50 bits per heavy atom. The highest BCUT2D eigenvalue weighted by molar-refractivity contribution is 5.34. The van der Waals surface area contributed by atoms with Gasteiger partial charge in [0.2, 0.25) is 5.95 Å². The number of hydrogen-bond acceptors (Lipinski definition) is 4. The van der Waals surface area contributed by atoms with Crippen molar-refractivity contribution in [3.05, 3.63) is 17.5 Å². The molecule has 0 fully saturated rings. The maximum absolute atomic E-state index is 8.43. The third-order valence-corrected chi connectivity index (χ3v) is 2.57. The first-order valence-electron chi connectivity index (χ1n) is 4.79. The quantitative estimate of drug-likeness (QED) is 0.536. The maximum atomic E-state index is 8.43.